The number of rotatable bonds is 2. The molecule has 0 bridgehead atoms. The first-order valence-corrected chi connectivity index (χ1v) is 3.27. The number of benzene rings is 1. The average molecular weight is 168 g/mol. The minimum absolute atomic E-state index is 0.0833. The standard InChI is InChI=1S/C7H8N2O3/c1-5-2-3-6(9(10)11)7(4-5)12-8/h2-4H,8H2,1H3. The van der Waals surface area contributed by atoms with Crippen LogP contribution < -0.4 is 10.7 Å². The lowest BCUT2D eigenvalue weighted by Gasteiger charge is -2.00. The van der Waals surface area contributed by atoms with Gasteiger partial charge in [-0.1, -0.05) is 6.07 Å². The molecule has 0 unspecified atom stereocenters. The van der Waals surface area contributed by atoms with Crippen LogP contribution in [0.5, 0.6) is 5.75 Å². The number of nitrogens with zero attached hydrogens (tertiary/aromatic N) is 1. The molecular formula is C7H8N2O3. The number of nitro groups is 1. The van der Waals surface area contributed by atoms with Gasteiger partial charge in [-0.2, -0.15) is 5.90 Å². The largest absolute Gasteiger partial charge is 0.404 e. The maximum absolute atomic E-state index is 10.4. The summed E-state index contributed by atoms with van der Waals surface area (Å²) in [7, 11) is 0. The van der Waals surface area contributed by atoms with Crippen molar-refractivity contribution >= 4 is 5.69 Å². The molecule has 5 heteroatoms. The number of hydrogen-bond acceptors (Lipinski definition) is 4. The summed E-state index contributed by atoms with van der Waals surface area (Å²) < 4.78 is 0. The Kier molecular flexibility index (Phi) is 2.25. The zero-order valence-electron chi connectivity index (χ0n) is 6.48. The van der Waals surface area contributed by atoms with Crippen LogP contribution in [0.1, 0.15) is 5.56 Å². The summed E-state index contributed by atoms with van der Waals surface area (Å²) in [4.78, 5) is 14.2. The molecular weight excluding hydrogens is 160 g/mol. The summed E-state index contributed by atoms with van der Waals surface area (Å²) in [5.74, 6) is 4.94. The molecule has 0 amide bonds. The molecule has 0 fully saturated rings. The zero-order chi connectivity index (χ0) is 9.14. The predicted molar refractivity (Wildman–Crippen MR) is 42.6 cm³/mol. The normalized spacial score (nSPS) is 9.50. The van der Waals surface area contributed by atoms with Gasteiger partial charge in [-0.25, -0.2) is 0 Å². The Morgan fingerprint density at radius 1 is 1.58 bits per heavy atom. The first-order valence-electron chi connectivity index (χ1n) is 3.27. The van der Waals surface area contributed by atoms with E-state index in [0.29, 0.717) is 0 Å². The van der Waals surface area contributed by atoms with E-state index in [1.54, 1.807) is 13.0 Å². The molecule has 5 nitrogen and oxygen atoms in total. The monoisotopic (exact) mass is 168 g/mol. The second-order valence-electron chi connectivity index (χ2n) is 2.35. The van der Waals surface area contributed by atoms with Crippen molar-refractivity contribution in [3.05, 3.63) is 33.9 Å². The summed E-state index contributed by atoms with van der Waals surface area (Å²) in [6.45, 7) is 1.80. The predicted octanol–water partition coefficient (Wildman–Crippen LogP) is 1.16. The molecule has 1 aromatic rings. The van der Waals surface area contributed by atoms with Gasteiger partial charge in [-0.05, 0) is 18.6 Å². The van der Waals surface area contributed by atoms with Crippen LogP contribution in [0.15, 0.2) is 18.2 Å². The van der Waals surface area contributed by atoms with Crippen molar-refractivity contribution in [1.29, 1.82) is 0 Å². The van der Waals surface area contributed by atoms with Gasteiger partial charge < -0.3 is 4.84 Å². The van der Waals surface area contributed by atoms with Crippen molar-refractivity contribution in [1.82, 2.24) is 0 Å². The molecule has 0 aliphatic rings. The second-order valence-corrected chi connectivity index (χ2v) is 2.35. The minimum atomic E-state index is -0.540. The smallest absolute Gasteiger partial charge is 0.313 e. The maximum Gasteiger partial charge on any atom is 0.313 e. The van der Waals surface area contributed by atoms with Crippen molar-refractivity contribution < 1.29 is 9.76 Å². The third-order valence-corrected chi connectivity index (χ3v) is 1.44. The Morgan fingerprint density at radius 3 is 2.75 bits per heavy atom. The highest BCUT2D eigenvalue weighted by Gasteiger charge is 2.13. The van der Waals surface area contributed by atoms with E-state index < -0.39 is 4.92 Å². The van der Waals surface area contributed by atoms with Crippen molar-refractivity contribution in [2.75, 3.05) is 0 Å². The van der Waals surface area contributed by atoms with Gasteiger partial charge in [-0.15, -0.1) is 0 Å². The fraction of sp³-hybridized carbons (Fsp3) is 0.143. The highest BCUT2D eigenvalue weighted by molar-refractivity contribution is 5.47. The van der Waals surface area contributed by atoms with E-state index in [4.69, 9.17) is 5.90 Å². The summed E-state index contributed by atoms with van der Waals surface area (Å²) >= 11 is 0. The molecule has 64 valence electrons. The van der Waals surface area contributed by atoms with Crippen molar-refractivity contribution in [3.8, 4) is 5.75 Å². The average Bonchev–Trinajstić information content (AvgIpc) is 2.03. The molecule has 0 aromatic heterocycles. The molecule has 0 saturated heterocycles. The third-order valence-electron chi connectivity index (χ3n) is 1.44. The van der Waals surface area contributed by atoms with E-state index in [0.717, 1.165) is 5.56 Å². The fourth-order valence-electron chi connectivity index (χ4n) is 0.867. The van der Waals surface area contributed by atoms with E-state index in [1.165, 1.54) is 12.1 Å². The van der Waals surface area contributed by atoms with Crippen molar-refractivity contribution in [3.63, 3.8) is 0 Å². The van der Waals surface area contributed by atoms with E-state index in [2.05, 4.69) is 4.84 Å². The molecule has 2 N–H and O–H groups in total. The summed E-state index contributed by atoms with van der Waals surface area (Å²) in [6, 6.07) is 4.50. The first-order chi connectivity index (χ1) is 5.65. The SMILES string of the molecule is Cc1ccc([N+](=O)[O-])c(ON)c1. The van der Waals surface area contributed by atoms with Gasteiger partial charge in [0.1, 0.15) is 0 Å². The van der Waals surface area contributed by atoms with Crippen LogP contribution in [0.2, 0.25) is 0 Å². The van der Waals surface area contributed by atoms with Gasteiger partial charge in [0.2, 0.25) is 5.75 Å². The molecule has 0 heterocycles. The Morgan fingerprint density at radius 2 is 2.25 bits per heavy atom. The van der Waals surface area contributed by atoms with Gasteiger partial charge in [0.25, 0.3) is 0 Å². The summed E-state index contributed by atoms with van der Waals surface area (Å²) in [5, 5.41) is 10.4. The van der Waals surface area contributed by atoms with Crippen LogP contribution in [0.4, 0.5) is 5.69 Å². The lowest BCUT2D eigenvalue weighted by atomic mass is 10.2. The van der Waals surface area contributed by atoms with Crippen molar-refractivity contribution in [2.45, 2.75) is 6.92 Å². The Balaban J connectivity index is 3.20. The van der Waals surface area contributed by atoms with Gasteiger partial charge in [-0.3, -0.25) is 10.1 Å². The summed E-state index contributed by atoms with van der Waals surface area (Å²) in [6.07, 6.45) is 0. The molecule has 1 aromatic carbocycles. The van der Waals surface area contributed by atoms with Crippen LogP contribution >= 0.6 is 0 Å². The fourth-order valence-corrected chi connectivity index (χ4v) is 0.867. The number of nitro benzene ring substituents is 1. The van der Waals surface area contributed by atoms with Crippen LogP contribution in [0.25, 0.3) is 0 Å². The molecule has 0 spiro atoms. The molecule has 12 heavy (non-hydrogen) atoms. The highest BCUT2D eigenvalue weighted by Crippen LogP contribution is 2.26. The van der Waals surface area contributed by atoms with Crippen molar-refractivity contribution in [2.24, 2.45) is 5.90 Å². The molecule has 0 radical (unpaired) electrons. The first kappa shape index (κ1) is 8.48. The quantitative estimate of drug-likeness (QED) is 0.530. The van der Waals surface area contributed by atoms with E-state index >= 15 is 0 Å². The topological polar surface area (TPSA) is 78.4 Å². The Hall–Kier alpha value is -1.62. The number of nitrogens with two attached hydrogens (primary N) is 1. The Labute approximate surface area is 68.9 Å². The second kappa shape index (κ2) is 3.19. The molecule has 0 saturated carbocycles. The summed E-state index contributed by atoms with van der Waals surface area (Å²) in [5.41, 5.74) is 0.740. The van der Waals surface area contributed by atoms with E-state index in [-0.39, 0.29) is 11.4 Å². The van der Waals surface area contributed by atoms with Gasteiger partial charge >= 0.3 is 5.69 Å². The number of hydrogen-bond donors (Lipinski definition) is 1. The molecule has 0 atom stereocenters. The third kappa shape index (κ3) is 1.51. The lowest BCUT2D eigenvalue weighted by Crippen LogP contribution is -2.04. The van der Waals surface area contributed by atoms with Gasteiger partial charge in [0.15, 0.2) is 0 Å². The zero-order valence-corrected chi connectivity index (χ0v) is 6.48. The molecule has 0 aliphatic heterocycles. The Bertz CT molecular complexity index is 312. The van der Waals surface area contributed by atoms with Crippen LogP contribution in [-0.4, -0.2) is 4.92 Å². The van der Waals surface area contributed by atoms with Crippen LogP contribution in [-0.2, 0) is 0 Å². The van der Waals surface area contributed by atoms with Gasteiger partial charge in [0, 0.05) is 6.07 Å². The van der Waals surface area contributed by atoms with Crippen LogP contribution in [0, 0.1) is 17.0 Å². The van der Waals surface area contributed by atoms with E-state index in [1.807, 2.05) is 0 Å². The van der Waals surface area contributed by atoms with Crippen LogP contribution in [0.3, 0.4) is 0 Å². The maximum atomic E-state index is 10.4. The highest BCUT2D eigenvalue weighted by atomic mass is 16.6. The number of aryl methyl sites for hydroxylation is 1. The lowest BCUT2D eigenvalue weighted by molar-refractivity contribution is -0.385. The molecule has 1 rings (SSSR count). The van der Waals surface area contributed by atoms with E-state index in [9.17, 15) is 10.1 Å². The van der Waals surface area contributed by atoms with Gasteiger partial charge in [0.05, 0.1) is 4.92 Å². The molecule has 0 aliphatic carbocycles. The minimum Gasteiger partial charge on any atom is -0.404 e.